The van der Waals surface area contributed by atoms with Gasteiger partial charge in [-0.15, -0.1) is 0 Å². The number of rotatable bonds is 5. The number of aromatic nitrogens is 2. The Hall–Kier alpha value is -3.83. The maximum atomic E-state index is 12.8. The van der Waals surface area contributed by atoms with E-state index in [0.29, 0.717) is 43.7 Å². The number of nitrogens with zero attached hydrogens (tertiary/aromatic N) is 6. The number of hydrogen-bond acceptors (Lipinski definition) is 9. The largest absolute Gasteiger partial charge is 0.481 e. The van der Waals surface area contributed by atoms with Gasteiger partial charge in [0.15, 0.2) is 0 Å². The van der Waals surface area contributed by atoms with Gasteiger partial charge in [-0.25, -0.2) is 4.98 Å². The summed E-state index contributed by atoms with van der Waals surface area (Å²) in [6, 6.07) is 4.65. The van der Waals surface area contributed by atoms with Crippen LogP contribution in [0.3, 0.4) is 0 Å². The molecule has 0 spiro atoms. The second-order valence-electron chi connectivity index (χ2n) is 6.35. The number of piperazine rings is 1. The van der Waals surface area contributed by atoms with E-state index in [9.17, 15) is 25.0 Å². The smallest absolute Gasteiger partial charge is 0.277 e. The molecule has 0 bridgehead atoms. The number of ether oxygens (including phenoxy) is 1. The number of aryl methyl sites for hydroxylation is 1. The molecule has 1 aliphatic heterocycles. The summed E-state index contributed by atoms with van der Waals surface area (Å²) in [6.45, 7) is 3.37. The molecule has 1 fully saturated rings. The van der Waals surface area contributed by atoms with Gasteiger partial charge in [0.25, 0.3) is 17.3 Å². The van der Waals surface area contributed by atoms with Crippen LogP contribution in [0.5, 0.6) is 5.88 Å². The topological polar surface area (TPSA) is 145 Å². The Morgan fingerprint density at radius 1 is 1.00 bits per heavy atom. The highest BCUT2D eigenvalue weighted by molar-refractivity contribution is 5.95. The van der Waals surface area contributed by atoms with E-state index in [-0.39, 0.29) is 5.56 Å². The first-order chi connectivity index (χ1) is 13.8. The van der Waals surface area contributed by atoms with Gasteiger partial charge in [0.05, 0.1) is 28.6 Å². The number of methoxy groups -OCH3 is 1. The maximum Gasteiger partial charge on any atom is 0.277 e. The zero-order chi connectivity index (χ0) is 21.1. The fraction of sp³-hybridized carbons (Fsp3) is 0.353. The number of carbonyl (C=O) groups is 1. The number of carbonyl (C=O) groups excluding carboxylic acids is 1. The minimum atomic E-state index is -0.757. The van der Waals surface area contributed by atoms with Crippen molar-refractivity contribution in [3.63, 3.8) is 0 Å². The molecule has 0 atom stereocenters. The molecule has 0 aliphatic carbocycles. The van der Waals surface area contributed by atoms with Crippen LogP contribution in [0.15, 0.2) is 24.3 Å². The molecule has 1 aromatic heterocycles. The molecule has 3 rings (SSSR count). The van der Waals surface area contributed by atoms with E-state index in [1.165, 1.54) is 12.0 Å². The molecule has 1 saturated heterocycles. The van der Waals surface area contributed by atoms with Gasteiger partial charge in [-0.2, -0.15) is 4.98 Å². The molecule has 2 heterocycles. The normalized spacial score (nSPS) is 13.9. The van der Waals surface area contributed by atoms with E-state index in [1.54, 1.807) is 13.0 Å². The van der Waals surface area contributed by atoms with Gasteiger partial charge in [-0.1, -0.05) is 0 Å². The van der Waals surface area contributed by atoms with Gasteiger partial charge in [0.2, 0.25) is 5.88 Å². The minimum Gasteiger partial charge on any atom is -0.481 e. The maximum absolute atomic E-state index is 12.8. The molecule has 0 saturated carbocycles. The standard InChI is InChI=1S/C17H18N6O6/c1-11-18-15(10-16(19-11)29-2)20-3-5-21(6-4-20)17(24)12-7-13(22(25)26)9-14(8-12)23(27)28/h7-10H,3-6H2,1-2H3. The fourth-order valence-electron chi connectivity index (χ4n) is 3.04. The summed E-state index contributed by atoms with van der Waals surface area (Å²) in [5.74, 6) is 1.18. The van der Waals surface area contributed by atoms with Crippen molar-refractivity contribution in [2.45, 2.75) is 6.92 Å². The first-order valence-electron chi connectivity index (χ1n) is 8.66. The fourth-order valence-corrected chi connectivity index (χ4v) is 3.04. The molecule has 0 N–H and O–H groups in total. The summed E-state index contributed by atoms with van der Waals surface area (Å²) in [7, 11) is 1.51. The first kappa shape index (κ1) is 19.9. The third-order valence-corrected chi connectivity index (χ3v) is 4.47. The summed E-state index contributed by atoms with van der Waals surface area (Å²) < 4.78 is 5.15. The van der Waals surface area contributed by atoms with Crippen LogP contribution in [0.2, 0.25) is 0 Å². The average Bonchev–Trinajstić information content (AvgIpc) is 2.72. The second-order valence-corrected chi connectivity index (χ2v) is 6.35. The number of amides is 1. The van der Waals surface area contributed by atoms with E-state index in [4.69, 9.17) is 4.74 Å². The number of benzene rings is 1. The van der Waals surface area contributed by atoms with E-state index in [2.05, 4.69) is 9.97 Å². The third kappa shape index (κ3) is 4.36. The van der Waals surface area contributed by atoms with Crippen molar-refractivity contribution in [2.75, 3.05) is 38.2 Å². The van der Waals surface area contributed by atoms with Crippen LogP contribution in [-0.4, -0.2) is 63.9 Å². The lowest BCUT2D eigenvalue weighted by Crippen LogP contribution is -2.49. The molecule has 12 nitrogen and oxygen atoms in total. The Morgan fingerprint density at radius 2 is 1.59 bits per heavy atom. The van der Waals surface area contributed by atoms with E-state index in [1.807, 2.05) is 4.90 Å². The highest BCUT2D eigenvalue weighted by Crippen LogP contribution is 2.25. The van der Waals surface area contributed by atoms with Gasteiger partial charge < -0.3 is 14.5 Å². The lowest BCUT2D eigenvalue weighted by molar-refractivity contribution is -0.394. The van der Waals surface area contributed by atoms with Crippen molar-refractivity contribution in [2.24, 2.45) is 0 Å². The van der Waals surface area contributed by atoms with Gasteiger partial charge in [-0.05, 0) is 6.92 Å². The van der Waals surface area contributed by atoms with Crippen molar-refractivity contribution in [1.29, 1.82) is 0 Å². The van der Waals surface area contributed by atoms with Crippen molar-refractivity contribution < 1.29 is 19.4 Å². The third-order valence-electron chi connectivity index (χ3n) is 4.47. The summed E-state index contributed by atoms with van der Waals surface area (Å²) in [4.78, 5) is 45.3. The molecular formula is C17H18N6O6. The van der Waals surface area contributed by atoms with Gasteiger partial charge >= 0.3 is 0 Å². The first-order valence-corrected chi connectivity index (χ1v) is 8.66. The van der Waals surface area contributed by atoms with Crippen LogP contribution >= 0.6 is 0 Å². The summed E-state index contributed by atoms with van der Waals surface area (Å²) in [5, 5.41) is 22.1. The number of non-ortho nitro benzene ring substituents is 2. The SMILES string of the molecule is COc1cc(N2CCN(C(=O)c3cc([N+](=O)[O-])cc([N+](=O)[O-])c3)CC2)nc(C)n1. The molecular weight excluding hydrogens is 384 g/mol. The molecule has 29 heavy (non-hydrogen) atoms. The molecule has 1 amide bonds. The Labute approximate surface area is 165 Å². The lowest BCUT2D eigenvalue weighted by Gasteiger charge is -2.35. The van der Waals surface area contributed by atoms with Crippen molar-refractivity contribution in [3.05, 3.63) is 55.9 Å². The second kappa shape index (κ2) is 8.04. The number of nitro benzene ring substituents is 2. The van der Waals surface area contributed by atoms with Crippen molar-refractivity contribution in [1.82, 2.24) is 14.9 Å². The zero-order valence-electron chi connectivity index (χ0n) is 15.8. The minimum absolute atomic E-state index is 0.0844. The van der Waals surface area contributed by atoms with Crippen molar-refractivity contribution in [3.8, 4) is 5.88 Å². The zero-order valence-corrected chi connectivity index (χ0v) is 15.8. The summed E-state index contributed by atoms with van der Waals surface area (Å²) in [5.41, 5.74) is -1.08. The summed E-state index contributed by atoms with van der Waals surface area (Å²) in [6.07, 6.45) is 0. The number of nitro groups is 2. The average molecular weight is 402 g/mol. The molecule has 12 heteroatoms. The Morgan fingerprint density at radius 3 is 2.10 bits per heavy atom. The number of hydrogen-bond donors (Lipinski definition) is 0. The molecule has 1 aromatic carbocycles. The highest BCUT2D eigenvalue weighted by atomic mass is 16.6. The van der Waals surface area contributed by atoms with E-state index in [0.717, 1.165) is 18.2 Å². The number of anilines is 1. The molecule has 2 aromatic rings. The van der Waals surface area contributed by atoms with E-state index >= 15 is 0 Å². The predicted octanol–water partition coefficient (Wildman–Crippen LogP) is 1.57. The lowest BCUT2D eigenvalue weighted by atomic mass is 10.1. The highest BCUT2D eigenvalue weighted by Gasteiger charge is 2.26. The summed E-state index contributed by atoms with van der Waals surface area (Å²) >= 11 is 0. The molecule has 152 valence electrons. The van der Waals surface area contributed by atoms with Crippen LogP contribution in [0, 0.1) is 27.2 Å². The Balaban J connectivity index is 1.76. The van der Waals surface area contributed by atoms with Crippen LogP contribution in [0.1, 0.15) is 16.2 Å². The quantitative estimate of drug-likeness (QED) is 0.537. The Kier molecular flexibility index (Phi) is 5.52. The van der Waals surface area contributed by atoms with Crippen molar-refractivity contribution >= 4 is 23.1 Å². The molecule has 0 unspecified atom stereocenters. The van der Waals surface area contributed by atoms with Crippen LogP contribution in [-0.2, 0) is 0 Å². The van der Waals surface area contributed by atoms with Crippen LogP contribution in [0.4, 0.5) is 17.2 Å². The van der Waals surface area contributed by atoms with Gasteiger partial charge in [-0.3, -0.25) is 25.0 Å². The molecule has 0 radical (unpaired) electrons. The van der Waals surface area contributed by atoms with Crippen LogP contribution < -0.4 is 9.64 Å². The predicted molar refractivity (Wildman–Crippen MR) is 101 cm³/mol. The van der Waals surface area contributed by atoms with Gasteiger partial charge in [0, 0.05) is 44.4 Å². The van der Waals surface area contributed by atoms with E-state index < -0.39 is 27.1 Å². The molecule has 1 aliphatic rings. The monoisotopic (exact) mass is 402 g/mol. The van der Waals surface area contributed by atoms with Gasteiger partial charge in [0.1, 0.15) is 11.6 Å². The Bertz CT molecular complexity index is 941. The van der Waals surface area contributed by atoms with Crippen LogP contribution in [0.25, 0.3) is 0 Å².